The minimum atomic E-state index is -0.922. The Bertz CT molecular complexity index is 463. The van der Waals surface area contributed by atoms with E-state index in [-0.39, 0.29) is 18.3 Å². The summed E-state index contributed by atoms with van der Waals surface area (Å²) in [6.45, 7) is -0.0609. The largest absolute Gasteiger partial charge is 0.394 e. The van der Waals surface area contributed by atoms with Crippen LogP contribution in [0.3, 0.4) is 0 Å². The highest BCUT2D eigenvalue weighted by molar-refractivity contribution is 8.00. The monoisotopic (exact) mass is 273 g/mol. The summed E-state index contributed by atoms with van der Waals surface area (Å²) >= 11 is 1.13. The van der Waals surface area contributed by atoms with E-state index < -0.39 is 17.2 Å². The van der Waals surface area contributed by atoms with Crippen LogP contribution >= 0.6 is 11.8 Å². The molecule has 1 aromatic carbocycles. The Labute approximate surface area is 108 Å². The Hall–Kier alpha value is -1.14. The maximum Gasteiger partial charge on any atom is 0.230 e. The third-order valence-corrected chi connectivity index (χ3v) is 3.82. The SMILES string of the molecule is O=C(CSc1ccc(F)c(F)c1)NC1(CO)CC1. The Morgan fingerprint density at radius 3 is 2.67 bits per heavy atom. The molecule has 18 heavy (non-hydrogen) atoms. The first kappa shape index (κ1) is 13.3. The van der Waals surface area contributed by atoms with Crippen LogP contribution in [-0.2, 0) is 4.79 Å². The fraction of sp³-hybridized carbons (Fsp3) is 0.417. The molecule has 1 aliphatic carbocycles. The predicted octanol–water partition coefficient (Wildman–Crippen LogP) is 1.70. The molecule has 0 aromatic heterocycles. The van der Waals surface area contributed by atoms with E-state index in [0.29, 0.717) is 4.90 Å². The zero-order valence-corrected chi connectivity index (χ0v) is 10.4. The van der Waals surface area contributed by atoms with Crippen LogP contribution in [0, 0.1) is 11.6 Å². The number of thioether (sulfide) groups is 1. The number of carbonyl (C=O) groups is 1. The van der Waals surface area contributed by atoms with Gasteiger partial charge in [-0.1, -0.05) is 0 Å². The summed E-state index contributed by atoms with van der Waals surface area (Å²) in [4.78, 5) is 12.1. The highest BCUT2D eigenvalue weighted by atomic mass is 32.2. The van der Waals surface area contributed by atoms with Gasteiger partial charge in [0.05, 0.1) is 17.9 Å². The number of nitrogens with one attached hydrogen (secondary N) is 1. The van der Waals surface area contributed by atoms with E-state index in [1.165, 1.54) is 6.07 Å². The topological polar surface area (TPSA) is 49.3 Å². The highest BCUT2D eigenvalue weighted by Gasteiger charge is 2.43. The Morgan fingerprint density at radius 1 is 1.39 bits per heavy atom. The number of halogens is 2. The van der Waals surface area contributed by atoms with Gasteiger partial charge in [-0.25, -0.2) is 8.78 Å². The summed E-state index contributed by atoms with van der Waals surface area (Å²) in [7, 11) is 0. The van der Waals surface area contributed by atoms with Gasteiger partial charge < -0.3 is 10.4 Å². The van der Waals surface area contributed by atoms with Crippen LogP contribution in [-0.4, -0.2) is 28.9 Å². The van der Waals surface area contributed by atoms with E-state index in [2.05, 4.69) is 5.32 Å². The van der Waals surface area contributed by atoms with Gasteiger partial charge in [-0.2, -0.15) is 0 Å². The second-order valence-electron chi connectivity index (χ2n) is 4.35. The number of amides is 1. The van der Waals surface area contributed by atoms with Crippen LogP contribution in [0.5, 0.6) is 0 Å². The van der Waals surface area contributed by atoms with Crippen molar-refractivity contribution in [2.45, 2.75) is 23.3 Å². The summed E-state index contributed by atoms with van der Waals surface area (Å²) in [6.07, 6.45) is 1.57. The number of hydrogen-bond donors (Lipinski definition) is 2. The number of carbonyl (C=O) groups excluding carboxylic acids is 1. The van der Waals surface area contributed by atoms with E-state index in [9.17, 15) is 13.6 Å². The lowest BCUT2D eigenvalue weighted by Gasteiger charge is -2.13. The van der Waals surface area contributed by atoms with Gasteiger partial charge in [-0.05, 0) is 31.0 Å². The van der Waals surface area contributed by atoms with Gasteiger partial charge >= 0.3 is 0 Å². The number of rotatable bonds is 5. The lowest BCUT2D eigenvalue weighted by molar-refractivity contribution is -0.119. The van der Waals surface area contributed by atoms with Crippen LogP contribution in [0.4, 0.5) is 8.78 Å². The van der Waals surface area contributed by atoms with Crippen molar-refractivity contribution in [2.24, 2.45) is 0 Å². The van der Waals surface area contributed by atoms with Crippen LogP contribution in [0.2, 0.25) is 0 Å². The standard InChI is InChI=1S/C12H13F2NO2S/c13-9-2-1-8(5-10(9)14)18-6-11(17)15-12(7-16)3-4-12/h1-2,5,16H,3-4,6-7H2,(H,15,17). The van der Waals surface area contributed by atoms with Crippen molar-refractivity contribution in [3.05, 3.63) is 29.8 Å². The first-order valence-corrected chi connectivity index (χ1v) is 6.53. The smallest absolute Gasteiger partial charge is 0.230 e. The van der Waals surface area contributed by atoms with Crippen molar-refractivity contribution < 1.29 is 18.7 Å². The summed E-state index contributed by atoms with van der Waals surface area (Å²) < 4.78 is 25.6. The first-order valence-electron chi connectivity index (χ1n) is 5.54. The van der Waals surface area contributed by atoms with Crippen molar-refractivity contribution >= 4 is 17.7 Å². The minimum absolute atomic E-state index is 0.0609. The molecule has 0 atom stereocenters. The minimum Gasteiger partial charge on any atom is -0.394 e. The molecule has 2 N–H and O–H groups in total. The van der Waals surface area contributed by atoms with Crippen LogP contribution in [0.15, 0.2) is 23.1 Å². The second-order valence-corrected chi connectivity index (χ2v) is 5.40. The normalized spacial score (nSPS) is 16.4. The molecule has 0 aliphatic heterocycles. The van der Waals surface area contributed by atoms with Gasteiger partial charge in [0.1, 0.15) is 0 Å². The molecule has 1 aromatic rings. The fourth-order valence-corrected chi connectivity index (χ4v) is 2.24. The van der Waals surface area contributed by atoms with Gasteiger partial charge in [0.25, 0.3) is 0 Å². The highest BCUT2D eigenvalue weighted by Crippen LogP contribution is 2.34. The van der Waals surface area contributed by atoms with Gasteiger partial charge in [0.15, 0.2) is 11.6 Å². The zero-order chi connectivity index (χ0) is 13.2. The van der Waals surface area contributed by atoms with E-state index in [1.54, 1.807) is 0 Å². The summed E-state index contributed by atoms with van der Waals surface area (Å²) in [5, 5.41) is 11.8. The van der Waals surface area contributed by atoms with Crippen molar-refractivity contribution in [3.63, 3.8) is 0 Å². The van der Waals surface area contributed by atoms with Crippen molar-refractivity contribution in [2.75, 3.05) is 12.4 Å². The van der Waals surface area contributed by atoms with Crippen LogP contribution in [0.25, 0.3) is 0 Å². The van der Waals surface area contributed by atoms with Crippen LogP contribution in [0.1, 0.15) is 12.8 Å². The maximum absolute atomic E-state index is 12.9. The molecule has 0 heterocycles. The van der Waals surface area contributed by atoms with Gasteiger partial charge in [-0.3, -0.25) is 4.79 Å². The van der Waals surface area contributed by atoms with E-state index in [0.717, 1.165) is 36.7 Å². The van der Waals surface area contributed by atoms with Gasteiger partial charge in [-0.15, -0.1) is 11.8 Å². The first-order chi connectivity index (χ1) is 8.54. The third kappa shape index (κ3) is 3.20. The number of hydrogen-bond acceptors (Lipinski definition) is 3. The van der Waals surface area contributed by atoms with E-state index in [1.807, 2.05) is 0 Å². The van der Waals surface area contributed by atoms with E-state index >= 15 is 0 Å². The average molecular weight is 273 g/mol. The Morgan fingerprint density at radius 2 is 2.11 bits per heavy atom. The lowest BCUT2D eigenvalue weighted by atomic mass is 10.3. The van der Waals surface area contributed by atoms with Crippen molar-refractivity contribution in [1.29, 1.82) is 0 Å². The quantitative estimate of drug-likeness (QED) is 0.803. The molecule has 0 spiro atoms. The molecule has 98 valence electrons. The molecule has 0 bridgehead atoms. The number of aliphatic hydroxyl groups is 1. The molecule has 1 fully saturated rings. The lowest BCUT2D eigenvalue weighted by Crippen LogP contribution is -2.40. The van der Waals surface area contributed by atoms with Gasteiger partial charge in [0.2, 0.25) is 5.91 Å². The van der Waals surface area contributed by atoms with Crippen molar-refractivity contribution in [3.8, 4) is 0 Å². The molecule has 3 nitrogen and oxygen atoms in total. The molecule has 1 saturated carbocycles. The summed E-state index contributed by atoms with van der Waals surface area (Å²) in [5.74, 6) is -1.92. The van der Waals surface area contributed by atoms with Crippen molar-refractivity contribution in [1.82, 2.24) is 5.32 Å². The fourth-order valence-electron chi connectivity index (χ4n) is 1.52. The summed E-state index contributed by atoms with van der Waals surface area (Å²) in [6, 6.07) is 3.52. The maximum atomic E-state index is 12.9. The zero-order valence-electron chi connectivity index (χ0n) is 9.58. The molecule has 0 radical (unpaired) electrons. The van der Waals surface area contributed by atoms with Crippen LogP contribution < -0.4 is 5.32 Å². The molecular weight excluding hydrogens is 260 g/mol. The molecule has 0 saturated heterocycles. The Kier molecular flexibility index (Phi) is 3.87. The van der Waals surface area contributed by atoms with Gasteiger partial charge in [0, 0.05) is 4.90 Å². The molecular formula is C12H13F2NO2S. The molecule has 1 amide bonds. The molecule has 1 aliphatic rings. The second kappa shape index (κ2) is 5.24. The number of aliphatic hydroxyl groups excluding tert-OH is 1. The van der Waals surface area contributed by atoms with E-state index in [4.69, 9.17) is 5.11 Å². The number of benzene rings is 1. The third-order valence-electron chi connectivity index (χ3n) is 2.82. The molecule has 0 unspecified atom stereocenters. The average Bonchev–Trinajstić information content (AvgIpc) is 3.11. The Balaban J connectivity index is 1.84. The molecule has 6 heteroatoms. The summed E-state index contributed by atoms with van der Waals surface area (Å²) in [5.41, 5.74) is -0.439. The molecule has 2 rings (SSSR count). The predicted molar refractivity (Wildman–Crippen MR) is 64.3 cm³/mol.